The Balaban J connectivity index is 1.56. The zero-order valence-corrected chi connectivity index (χ0v) is 14.9. The average Bonchev–Trinajstić information content (AvgIpc) is 2.60. The van der Waals surface area contributed by atoms with E-state index in [1.807, 2.05) is 18.2 Å². The second-order valence-corrected chi connectivity index (χ2v) is 6.66. The van der Waals surface area contributed by atoms with E-state index in [1.165, 1.54) is 16.3 Å². The first-order valence-electron chi connectivity index (χ1n) is 7.91. The second kappa shape index (κ2) is 8.00. The van der Waals surface area contributed by atoms with Crippen molar-refractivity contribution in [2.45, 2.75) is 19.4 Å². The minimum Gasteiger partial charge on any atom is -0.297 e. The molecule has 24 heavy (non-hydrogen) atoms. The molecule has 2 nitrogen and oxygen atoms in total. The lowest BCUT2D eigenvalue weighted by Gasteiger charge is -2.14. The SMILES string of the molecule is CC(CNOCc1c(Cl)cccc1Cl)c1ccc2ccccc2c1. The lowest BCUT2D eigenvalue weighted by Crippen LogP contribution is -2.20. The van der Waals surface area contributed by atoms with Crippen LogP contribution in [0.25, 0.3) is 10.8 Å². The third kappa shape index (κ3) is 4.08. The van der Waals surface area contributed by atoms with Crippen LogP contribution in [-0.4, -0.2) is 6.54 Å². The van der Waals surface area contributed by atoms with Crippen LogP contribution in [0.2, 0.25) is 10.0 Å². The summed E-state index contributed by atoms with van der Waals surface area (Å²) in [5.41, 5.74) is 5.09. The van der Waals surface area contributed by atoms with Gasteiger partial charge in [-0.15, -0.1) is 0 Å². The molecule has 3 aromatic carbocycles. The average molecular weight is 360 g/mol. The smallest absolute Gasteiger partial charge is 0.0961 e. The maximum absolute atomic E-state index is 6.13. The number of benzene rings is 3. The molecular weight excluding hydrogens is 341 g/mol. The van der Waals surface area contributed by atoms with Crippen molar-refractivity contribution in [3.63, 3.8) is 0 Å². The second-order valence-electron chi connectivity index (χ2n) is 5.84. The van der Waals surface area contributed by atoms with Gasteiger partial charge in [0.15, 0.2) is 0 Å². The van der Waals surface area contributed by atoms with Crippen molar-refractivity contribution < 1.29 is 4.84 Å². The molecule has 0 amide bonds. The van der Waals surface area contributed by atoms with Crippen LogP contribution in [0, 0.1) is 0 Å². The summed E-state index contributed by atoms with van der Waals surface area (Å²) in [6.45, 7) is 3.21. The molecule has 0 aliphatic rings. The highest BCUT2D eigenvalue weighted by Gasteiger charge is 2.08. The van der Waals surface area contributed by atoms with Gasteiger partial charge < -0.3 is 0 Å². The summed E-state index contributed by atoms with van der Waals surface area (Å²) in [6, 6.07) is 20.4. The zero-order valence-electron chi connectivity index (χ0n) is 13.4. The topological polar surface area (TPSA) is 21.3 Å². The monoisotopic (exact) mass is 359 g/mol. The van der Waals surface area contributed by atoms with E-state index < -0.39 is 0 Å². The maximum Gasteiger partial charge on any atom is 0.0961 e. The minimum absolute atomic E-state index is 0.330. The Labute approximate surface area is 152 Å². The number of hydrogen-bond acceptors (Lipinski definition) is 2. The summed E-state index contributed by atoms with van der Waals surface area (Å²) in [5, 5.41) is 3.75. The molecule has 3 rings (SSSR count). The van der Waals surface area contributed by atoms with Crippen LogP contribution in [0.4, 0.5) is 0 Å². The fourth-order valence-electron chi connectivity index (χ4n) is 2.61. The number of fused-ring (bicyclic) bond motifs is 1. The van der Waals surface area contributed by atoms with Crippen molar-refractivity contribution >= 4 is 34.0 Å². The molecule has 0 aromatic heterocycles. The van der Waals surface area contributed by atoms with Gasteiger partial charge in [-0.25, -0.2) is 5.48 Å². The Morgan fingerprint density at radius 2 is 1.62 bits per heavy atom. The van der Waals surface area contributed by atoms with Crippen molar-refractivity contribution in [1.82, 2.24) is 5.48 Å². The molecule has 0 aliphatic carbocycles. The van der Waals surface area contributed by atoms with Gasteiger partial charge in [0.25, 0.3) is 0 Å². The summed E-state index contributed by atoms with van der Waals surface area (Å²) >= 11 is 12.3. The Hall–Kier alpha value is -1.58. The van der Waals surface area contributed by atoms with Gasteiger partial charge in [-0.3, -0.25) is 4.84 Å². The molecule has 0 heterocycles. The maximum atomic E-state index is 6.13. The van der Waals surface area contributed by atoms with E-state index in [9.17, 15) is 0 Å². The number of rotatable bonds is 6. The van der Waals surface area contributed by atoms with Gasteiger partial charge in [0, 0.05) is 22.2 Å². The number of hydrogen-bond donors (Lipinski definition) is 1. The molecule has 0 saturated heterocycles. The largest absolute Gasteiger partial charge is 0.297 e. The van der Waals surface area contributed by atoms with E-state index in [0.29, 0.717) is 29.1 Å². The number of halogens is 2. The molecule has 0 bridgehead atoms. The molecule has 0 saturated carbocycles. The van der Waals surface area contributed by atoms with Crippen LogP contribution in [0.3, 0.4) is 0 Å². The molecule has 4 heteroatoms. The van der Waals surface area contributed by atoms with Crippen LogP contribution < -0.4 is 5.48 Å². The lowest BCUT2D eigenvalue weighted by atomic mass is 9.98. The van der Waals surface area contributed by atoms with Crippen LogP contribution in [0.15, 0.2) is 60.7 Å². The van der Waals surface area contributed by atoms with E-state index in [4.69, 9.17) is 28.0 Å². The van der Waals surface area contributed by atoms with Gasteiger partial charge in [-0.1, -0.05) is 78.7 Å². The molecule has 0 aliphatic heterocycles. The van der Waals surface area contributed by atoms with Crippen molar-refractivity contribution in [1.29, 1.82) is 0 Å². The Morgan fingerprint density at radius 1 is 0.917 bits per heavy atom. The van der Waals surface area contributed by atoms with Crippen LogP contribution >= 0.6 is 23.2 Å². The third-order valence-electron chi connectivity index (χ3n) is 4.11. The molecule has 0 spiro atoms. The fourth-order valence-corrected chi connectivity index (χ4v) is 3.12. The zero-order chi connectivity index (χ0) is 16.9. The molecule has 1 atom stereocenters. The molecule has 3 aromatic rings. The summed E-state index contributed by atoms with van der Waals surface area (Å²) in [5.74, 6) is 0.330. The van der Waals surface area contributed by atoms with E-state index in [-0.39, 0.29) is 0 Å². The van der Waals surface area contributed by atoms with Crippen LogP contribution in [0.5, 0.6) is 0 Å². The third-order valence-corrected chi connectivity index (χ3v) is 4.82. The van der Waals surface area contributed by atoms with Crippen molar-refractivity contribution in [2.24, 2.45) is 0 Å². The highest BCUT2D eigenvalue weighted by atomic mass is 35.5. The van der Waals surface area contributed by atoms with Crippen LogP contribution in [0.1, 0.15) is 24.0 Å². The standard InChI is InChI=1S/C20H19Cl2NO/c1-14(16-10-9-15-5-2-3-6-17(15)11-16)12-23-24-13-18-19(21)7-4-8-20(18)22/h2-11,14,23H,12-13H2,1H3. The van der Waals surface area contributed by atoms with Gasteiger partial charge in [-0.05, 0) is 34.4 Å². The van der Waals surface area contributed by atoms with E-state index >= 15 is 0 Å². The van der Waals surface area contributed by atoms with Crippen molar-refractivity contribution in [3.8, 4) is 0 Å². The number of hydroxylamine groups is 1. The van der Waals surface area contributed by atoms with Gasteiger partial charge in [-0.2, -0.15) is 0 Å². The van der Waals surface area contributed by atoms with Crippen LogP contribution in [-0.2, 0) is 11.4 Å². The minimum atomic E-state index is 0.330. The highest BCUT2D eigenvalue weighted by Crippen LogP contribution is 2.25. The van der Waals surface area contributed by atoms with Gasteiger partial charge >= 0.3 is 0 Å². The Bertz CT molecular complexity index is 814. The predicted molar refractivity (Wildman–Crippen MR) is 102 cm³/mol. The summed E-state index contributed by atoms with van der Waals surface area (Å²) < 4.78 is 0. The lowest BCUT2D eigenvalue weighted by molar-refractivity contribution is 0.0256. The van der Waals surface area contributed by atoms with Gasteiger partial charge in [0.2, 0.25) is 0 Å². The van der Waals surface area contributed by atoms with E-state index in [0.717, 1.165) is 5.56 Å². The Kier molecular flexibility index (Phi) is 5.75. The summed E-state index contributed by atoms with van der Waals surface area (Å²) in [7, 11) is 0. The fraction of sp³-hybridized carbons (Fsp3) is 0.200. The van der Waals surface area contributed by atoms with Crippen molar-refractivity contribution in [3.05, 3.63) is 81.8 Å². The first kappa shape index (κ1) is 17.2. The quantitative estimate of drug-likeness (QED) is 0.432. The molecule has 0 fully saturated rings. The van der Waals surface area contributed by atoms with Crippen molar-refractivity contribution in [2.75, 3.05) is 6.54 Å². The summed E-state index contributed by atoms with van der Waals surface area (Å²) in [4.78, 5) is 5.54. The molecule has 124 valence electrons. The molecule has 0 radical (unpaired) electrons. The predicted octanol–water partition coefficient (Wildman–Crippen LogP) is 5.97. The first-order chi connectivity index (χ1) is 11.6. The van der Waals surface area contributed by atoms with E-state index in [1.54, 1.807) is 0 Å². The molecule has 1 N–H and O–H groups in total. The highest BCUT2D eigenvalue weighted by molar-refractivity contribution is 6.35. The Morgan fingerprint density at radius 3 is 2.38 bits per heavy atom. The number of nitrogens with one attached hydrogen (secondary N) is 1. The summed E-state index contributed by atoms with van der Waals surface area (Å²) in [6.07, 6.45) is 0. The molecule has 1 unspecified atom stereocenters. The molecular formula is C20H19Cl2NO. The van der Waals surface area contributed by atoms with Gasteiger partial charge in [0.1, 0.15) is 0 Å². The first-order valence-corrected chi connectivity index (χ1v) is 8.67. The van der Waals surface area contributed by atoms with E-state index in [2.05, 4.69) is 54.9 Å². The van der Waals surface area contributed by atoms with Gasteiger partial charge in [0.05, 0.1) is 6.61 Å². The normalized spacial score (nSPS) is 12.5.